The Labute approximate surface area is 140 Å². The molecule has 3 nitrogen and oxygen atoms in total. The minimum atomic E-state index is -0.917. The maximum atomic E-state index is 10.9. The van der Waals surface area contributed by atoms with Crippen molar-refractivity contribution in [3.05, 3.63) is 107 Å². The molecule has 0 bridgehead atoms. The second-order valence-electron chi connectivity index (χ2n) is 5.40. The lowest BCUT2D eigenvalue weighted by Gasteiger charge is -2.08. The summed E-state index contributed by atoms with van der Waals surface area (Å²) < 4.78 is 0. The van der Waals surface area contributed by atoms with Gasteiger partial charge in [-0.25, -0.2) is 4.79 Å². The number of aliphatic imine (C=N–C) groups is 1. The van der Waals surface area contributed by atoms with E-state index in [-0.39, 0.29) is 5.56 Å². The molecule has 0 saturated heterocycles. The van der Waals surface area contributed by atoms with Crippen LogP contribution < -0.4 is 0 Å². The number of carboxylic acids is 1. The molecular formula is C21H17NO2. The first-order valence-corrected chi connectivity index (χ1v) is 7.71. The highest BCUT2D eigenvalue weighted by Gasteiger charge is 2.06. The molecule has 0 unspecified atom stereocenters. The van der Waals surface area contributed by atoms with Crippen LogP contribution in [0.4, 0.5) is 0 Å². The van der Waals surface area contributed by atoms with Crippen molar-refractivity contribution in [2.75, 3.05) is 0 Å². The highest BCUT2D eigenvalue weighted by molar-refractivity contribution is 6.12. The van der Waals surface area contributed by atoms with Crippen LogP contribution in [0.15, 0.2) is 89.9 Å². The molecule has 0 amide bonds. The molecule has 0 radical (unpaired) electrons. The van der Waals surface area contributed by atoms with Gasteiger partial charge in [0.25, 0.3) is 0 Å². The fraction of sp³-hybridized carbons (Fsp3) is 0.0476. The quantitative estimate of drug-likeness (QED) is 0.708. The summed E-state index contributed by atoms with van der Waals surface area (Å²) in [7, 11) is 0. The second-order valence-corrected chi connectivity index (χ2v) is 5.40. The van der Waals surface area contributed by atoms with Crippen molar-refractivity contribution in [1.82, 2.24) is 0 Å². The average Bonchev–Trinajstić information content (AvgIpc) is 2.64. The Morgan fingerprint density at radius 2 is 1.21 bits per heavy atom. The molecule has 3 rings (SSSR count). The summed E-state index contributed by atoms with van der Waals surface area (Å²) in [5.74, 6) is -0.917. The third kappa shape index (κ3) is 3.76. The highest BCUT2D eigenvalue weighted by Crippen LogP contribution is 2.13. The van der Waals surface area contributed by atoms with E-state index in [4.69, 9.17) is 10.1 Å². The Kier molecular flexibility index (Phi) is 4.82. The first kappa shape index (κ1) is 15.7. The summed E-state index contributed by atoms with van der Waals surface area (Å²) in [5, 5.41) is 8.96. The van der Waals surface area contributed by atoms with Gasteiger partial charge in [-0.1, -0.05) is 72.8 Å². The first-order chi connectivity index (χ1) is 11.7. The summed E-state index contributed by atoms with van der Waals surface area (Å²) in [6.45, 7) is 0.499. The Balaban J connectivity index is 1.91. The van der Waals surface area contributed by atoms with E-state index in [9.17, 15) is 4.79 Å². The number of nitrogens with zero attached hydrogens (tertiary/aromatic N) is 1. The average molecular weight is 315 g/mol. The van der Waals surface area contributed by atoms with Crippen LogP contribution >= 0.6 is 0 Å². The van der Waals surface area contributed by atoms with Gasteiger partial charge in [-0.3, -0.25) is 4.99 Å². The van der Waals surface area contributed by atoms with E-state index in [2.05, 4.69) is 0 Å². The van der Waals surface area contributed by atoms with E-state index in [0.717, 1.165) is 22.4 Å². The third-order valence-electron chi connectivity index (χ3n) is 3.72. The number of carbonyl (C=O) groups is 1. The van der Waals surface area contributed by atoms with Crippen molar-refractivity contribution in [3.8, 4) is 0 Å². The van der Waals surface area contributed by atoms with Crippen molar-refractivity contribution in [2.45, 2.75) is 6.54 Å². The Hall–Kier alpha value is -3.20. The van der Waals surface area contributed by atoms with Crippen LogP contribution in [0.2, 0.25) is 0 Å². The van der Waals surface area contributed by atoms with Crippen LogP contribution in [-0.2, 0) is 6.54 Å². The Morgan fingerprint density at radius 1 is 0.708 bits per heavy atom. The molecule has 0 aromatic heterocycles. The predicted octanol–water partition coefficient (Wildman–Crippen LogP) is 4.42. The van der Waals surface area contributed by atoms with Crippen molar-refractivity contribution in [2.24, 2.45) is 4.99 Å². The molecule has 0 saturated carbocycles. The zero-order valence-electron chi connectivity index (χ0n) is 13.1. The van der Waals surface area contributed by atoms with E-state index >= 15 is 0 Å². The van der Waals surface area contributed by atoms with Gasteiger partial charge >= 0.3 is 5.97 Å². The molecule has 3 aromatic carbocycles. The van der Waals surface area contributed by atoms with Crippen LogP contribution in [0.5, 0.6) is 0 Å². The Bertz CT molecular complexity index is 797. The second kappa shape index (κ2) is 7.38. The number of hydrogen-bond donors (Lipinski definition) is 1. The number of rotatable bonds is 5. The van der Waals surface area contributed by atoms with Crippen molar-refractivity contribution in [1.29, 1.82) is 0 Å². The van der Waals surface area contributed by atoms with Gasteiger partial charge in [0.2, 0.25) is 0 Å². The third-order valence-corrected chi connectivity index (χ3v) is 3.72. The number of aromatic carboxylic acids is 1. The van der Waals surface area contributed by atoms with Gasteiger partial charge in [-0.05, 0) is 17.7 Å². The molecule has 0 fully saturated rings. The van der Waals surface area contributed by atoms with Gasteiger partial charge < -0.3 is 5.11 Å². The van der Waals surface area contributed by atoms with Gasteiger partial charge in [0, 0.05) is 11.1 Å². The maximum Gasteiger partial charge on any atom is 0.335 e. The molecule has 0 aliphatic carbocycles. The van der Waals surface area contributed by atoms with Gasteiger partial charge in [-0.15, -0.1) is 0 Å². The maximum absolute atomic E-state index is 10.9. The molecule has 3 aromatic rings. The molecule has 24 heavy (non-hydrogen) atoms. The molecule has 0 heterocycles. The van der Waals surface area contributed by atoms with Crippen LogP contribution in [0, 0.1) is 0 Å². The summed E-state index contributed by atoms with van der Waals surface area (Å²) in [4.78, 5) is 15.7. The zero-order chi connectivity index (χ0) is 16.8. The lowest BCUT2D eigenvalue weighted by Crippen LogP contribution is -2.04. The lowest BCUT2D eigenvalue weighted by molar-refractivity contribution is 0.0697. The number of hydrogen-bond acceptors (Lipinski definition) is 2. The molecule has 0 aliphatic heterocycles. The molecule has 118 valence electrons. The number of benzene rings is 3. The molecular weight excluding hydrogens is 298 g/mol. The zero-order valence-corrected chi connectivity index (χ0v) is 13.1. The van der Waals surface area contributed by atoms with Crippen molar-refractivity contribution >= 4 is 11.7 Å². The standard InChI is InChI=1S/C21H17NO2/c23-21(24)19-13-11-16(12-14-19)15-22-20(17-7-3-1-4-8-17)18-9-5-2-6-10-18/h1-14H,15H2,(H,23,24). The van der Waals surface area contributed by atoms with Crippen LogP contribution in [0.1, 0.15) is 27.0 Å². The largest absolute Gasteiger partial charge is 0.478 e. The molecule has 0 spiro atoms. The van der Waals surface area contributed by atoms with Crippen LogP contribution in [0.3, 0.4) is 0 Å². The topological polar surface area (TPSA) is 49.7 Å². The summed E-state index contributed by atoms with van der Waals surface area (Å²) in [5.41, 5.74) is 4.31. The molecule has 3 heteroatoms. The molecule has 0 atom stereocenters. The summed E-state index contributed by atoms with van der Waals surface area (Å²) in [6, 6.07) is 26.9. The fourth-order valence-electron chi connectivity index (χ4n) is 2.46. The minimum absolute atomic E-state index is 0.286. The SMILES string of the molecule is O=C(O)c1ccc(CN=C(c2ccccc2)c2ccccc2)cc1. The van der Waals surface area contributed by atoms with Gasteiger partial charge in [0.05, 0.1) is 17.8 Å². The lowest BCUT2D eigenvalue weighted by atomic mass is 10.0. The minimum Gasteiger partial charge on any atom is -0.478 e. The highest BCUT2D eigenvalue weighted by atomic mass is 16.4. The first-order valence-electron chi connectivity index (χ1n) is 7.71. The van der Waals surface area contributed by atoms with Crippen molar-refractivity contribution < 1.29 is 9.90 Å². The van der Waals surface area contributed by atoms with Crippen molar-refractivity contribution in [3.63, 3.8) is 0 Å². The summed E-state index contributed by atoms with van der Waals surface area (Å²) >= 11 is 0. The molecule has 0 aliphatic rings. The van der Waals surface area contributed by atoms with E-state index in [1.807, 2.05) is 60.7 Å². The van der Waals surface area contributed by atoms with Gasteiger partial charge in [0.15, 0.2) is 0 Å². The fourth-order valence-corrected chi connectivity index (χ4v) is 2.46. The predicted molar refractivity (Wildman–Crippen MR) is 95.6 cm³/mol. The van der Waals surface area contributed by atoms with E-state index in [0.29, 0.717) is 6.54 Å². The van der Waals surface area contributed by atoms with Gasteiger partial charge in [0.1, 0.15) is 0 Å². The number of carboxylic acid groups (broad SMARTS) is 1. The Morgan fingerprint density at radius 3 is 1.67 bits per heavy atom. The molecule has 1 N–H and O–H groups in total. The smallest absolute Gasteiger partial charge is 0.335 e. The normalized spacial score (nSPS) is 10.2. The van der Waals surface area contributed by atoms with Crippen LogP contribution in [0.25, 0.3) is 0 Å². The summed E-state index contributed by atoms with van der Waals surface area (Å²) in [6.07, 6.45) is 0. The van der Waals surface area contributed by atoms with E-state index in [1.54, 1.807) is 24.3 Å². The van der Waals surface area contributed by atoms with Gasteiger partial charge in [-0.2, -0.15) is 0 Å². The van der Waals surface area contributed by atoms with E-state index < -0.39 is 5.97 Å². The van der Waals surface area contributed by atoms with Crippen LogP contribution in [-0.4, -0.2) is 16.8 Å². The van der Waals surface area contributed by atoms with E-state index in [1.165, 1.54) is 0 Å². The monoisotopic (exact) mass is 315 g/mol.